The van der Waals surface area contributed by atoms with Gasteiger partial charge in [-0.15, -0.1) is 0 Å². The SMILES string of the molecule is CN(CC(=O)NC(C)(C)C)C(=O)c1ccn(-c2ccccc2F)n1. The zero-order valence-corrected chi connectivity index (χ0v) is 14.2. The van der Waals surface area contributed by atoms with Gasteiger partial charge in [-0.2, -0.15) is 5.10 Å². The zero-order chi connectivity index (χ0) is 17.9. The molecule has 128 valence electrons. The molecule has 2 amide bonds. The van der Waals surface area contributed by atoms with Gasteiger partial charge in [-0.25, -0.2) is 9.07 Å². The summed E-state index contributed by atoms with van der Waals surface area (Å²) in [5.41, 5.74) is 0.0295. The van der Waals surface area contributed by atoms with Gasteiger partial charge in [-0.05, 0) is 39.0 Å². The quantitative estimate of drug-likeness (QED) is 0.931. The Hall–Kier alpha value is -2.70. The van der Waals surface area contributed by atoms with E-state index in [1.807, 2.05) is 20.8 Å². The predicted octanol–water partition coefficient (Wildman–Crippen LogP) is 2.00. The third kappa shape index (κ3) is 4.41. The van der Waals surface area contributed by atoms with Crippen molar-refractivity contribution < 1.29 is 14.0 Å². The summed E-state index contributed by atoms with van der Waals surface area (Å²) in [7, 11) is 1.52. The van der Waals surface area contributed by atoms with E-state index in [0.717, 1.165) is 0 Å². The first-order chi connectivity index (χ1) is 11.2. The largest absolute Gasteiger partial charge is 0.350 e. The molecule has 7 heteroatoms. The molecule has 0 saturated carbocycles. The third-order valence-corrected chi connectivity index (χ3v) is 3.15. The van der Waals surface area contributed by atoms with Crippen LogP contribution in [0.15, 0.2) is 36.5 Å². The number of hydrogen-bond acceptors (Lipinski definition) is 3. The predicted molar refractivity (Wildman–Crippen MR) is 88.4 cm³/mol. The summed E-state index contributed by atoms with van der Waals surface area (Å²) < 4.78 is 15.1. The van der Waals surface area contributed by atoms with E-state index in [4.69, 9.17) is 0 Å². The van der Waals surface area contributed by atoms with Crippen LogP contribution in [0.5, 0.6) is 0 Å². The van der Waals surface area contributed by atoms with Crippen molar-refractivity contribution in [2.75, 3.05) is 13.6 Å². The van der Waals surface area contributed by atoms with Crippen molar-refractivity contribution in [3.05, 3.63) is 48.0 Å². The Morgan fingerprint density at radius 3 is 2.54 bits per heavy atom. The number of nitrogens with one attached hydrogen (secondary N) is 1. The highest BCUT2D eigenvalue weighted by Gasteiger charge is 2.20. The monoisotopic (exact) mass is 332 g/mol. The molecule has 0 fully saturated rings. The highest BCUT2D eigenvalue weighted by Crippen LogP contribution is 2.12. The van der Waals surface area contributed by atoms with Crippen LogP contribution in [0.3, 0.4) is 0 Å². The second kappa shape index (κ2) is 6.82. The molecule has 0 radical (unpaired) electrons. The van der Waals surface area contributed by atoms with Crippen molar-refractivity contribution in [1.82, 2.24) is 20.0 Å². The second-order valence-corrected chi connectivity index (χ2v) is 6.56. The van der Waals surface area contributed by atoms with Crippen LogP contribution in [0.4, 0.5) is 4.39 Å². The van der Waals surface area contributed by atoms with Crippen LogP contribution < -0.4 is 5.32 Å². The van der Waals surface area contributed by atoms with Gasteiger partial charge in [0.25, 0.3) is 5.91 Å². The molecule has 2 rings (SSSR count). The van der Waals surface area contributed by atoms with Gasteiger partial charge in [0.15, 0.2) is 5.69 Å². The number of nitrogens with zero attached hydrogens (tertiary/aromatic N) is 3. The van der Waals surface area contributed by atoms with Crippen LogP contribution in [0, 0.1) is 5.82 Å². The lowest BCUT2D eigenvalue weighted by atomic mass is 10.1. The summed E-state index contributed by atoms with van der Waals surface area (Å²) in [6.45, 7) is 5.51. The van der Waals surface area contributed by atoms with E-state index >= 15 is 0 Å². The summed E-state index contributed by atoms with van der Waals surface area (Å²) in [5.74, 6) is -1.10. The number of carbonyl (C=O) groups is 2. The maximum atomic E-state index is 13.8. The molecular weight excluding hydrogens is 311 g/mol. The summed E-state index contributed by atoms with van der Waals surface area (Å²) >= 11 is 0. The van der Waals surface area contributed by atoms with Crippen LogP contribution in [0.1, 0.15) is 31.3 Å². The van der Waals surface area contributed by atoms with E-state index in [0.29, 0.717) is 0 Å². The molecule has 0 aliphatic heterocycles. The number of carbonyl (C=O) groups excluding carboxylic acids is 2. The maximum absolute atomic E-state index is 13.8. The molecule has 2 aromatic rings. The minimum atomic E-state index is -0.433. The van der Waals surface area contributed by atoms with Crippen LogP contribution in [0.2, 0.25) is 0 Å². The first kappa shape index (κ1) is 17.7. The fourth-order valence-electron chi connectivity index (χ4n) is 2.15. The number of hydrogen-bond donors (Lipinski definition) is 1. The van der Waals surface area contributed by atoms with Crippen LogP contribution in [0.25, 0.3) is 5.69 Å². The van der Waals surface area contributed by atoms with Gasteiger partial charge < -0.3 is 10.2 Å². The van der Waals surface area contributed by atoms with Gasteiger partial charge in [0, 0.05) is 18.8 Å². The van der Waals surface area contributed by atoms with Crippen molar-refractivity contribution in [2.24, 2.45) is 0 Å². The van der Waals surface area contributed by atoms with Gasteiger partial charge in [-0.1, -0.05) is 12.1 Å². The number of rotatable bonds is 4. The van der Waals surface area contributed by atoms with Crippen molar-refractivity contribution in [3.63, 3.8) is 0 Å². The average Bonchev–Trinajstić information content (AvgIpc) is 2.94. The van der Waals surface area contributed by atoms with Gasteiger partial charge in [0.2, 0.25) is 5.91 Å². The summed E-state index contributed by atoms with van der Waals surface area (Å²) in [6.07, 6.45) is 1.51. The first-order valence-corrected chi connectivity index (χ1v) is 7.54. The second-order valence-electron chi connectivity index (χ2n) is 6.56. The van der Waals surface area contributed by atoms with Crippen molar-refractivity contribution >= 4 is 11.8 Å². The maximum Gasteiger partial charge on any atom is 0.274 e. The number of para-hydroxylation sites is 1. The summed E-state index contributed by atoms with van der Waals surface area (Å²) in [6, 6.07) is 7.64. The Morgan fingerprint density at radius 1 is 1.25 bits per heavy atom. The van der Waals surface area contributed by atoms with E-state index in [1.54, 1.807) is 18.2 Å². The first-order valence-electron chi connectivity index (χ1n) is 7.54. The third-order valence-electron chi connectivity index (χ3n) is 3.15. The molecule has 0 aliphatic carbocycles. The Kier molecular flexibility index (Phi) is 5.02. The number of likely N-dealkylation sites (N-methyl/N-ethyl adjacent to an activating group) is 1. The fraction of sp³-hybridized carbons (Fsp3) is 0.353. The Morgan fingerprint density at radius 2 is 1.92 bits per heavy atom. The van der Waals surface area contributed by atoms with Gasteiger partial charge in [-0.3, -0.25) is 9.59 Å². The van der Waals surface area contributed by atoms with Gasteiger partial charge in [0.1, 0.15) is 11.5 Å². The van der Waals surface area contributed by atoms with Crippen LogP contribution in [-0.2, 0) is 4.79 Å². The molecule has 1 heterocycles. The van der Waals surface area contributed by atoms with Crippen LogP contribution in [-0.4, -0.2) is 45.6 Å². The highest BCUT2D eigenvalue weighted by molar-refractivity contribution is 5.94. The molecule has 0 aliphatic rings. The van der Waals surface area contributed by atoms with E-state index in [1.165, 1.54) is 35.0 Å². The van der Waals surface area contributed by atoms with Crippen molar-refractivity contribution in [2.45, 2.75) is 26.3 Å². The standard InChI is InChI=1S/C17H21FN4O2/c1-17(2,3)19-15(23)11-21(4)16(24)13-9-10-22(20-13)14-8-6-5-7-12(14)18/h5-10H,11H2,1-4H3,(H,19,23). The lowest BCUT2D eigenvalue weighted by Gasteiger charge is -2.23. The molecule has 0 spiro atoms. The Labute approximate surface area is 140 Å². The normalized spacial score (nSPS) is 11.2. The molecule has 1 N–H and O–H groups in total. The number of aromatic nitrogens is 2. The minimum absolute atomic E-state index is 0.0807. The molecule has 0 bridgehead atoms. The van der Waals surface area contributed by atoms with Crippen molar-refractivity contribution in [1.29, 1.82) is 0 Å². The van der Waals surface area contributed by atoms with E-state index in [9.17, 15) is 14.0 Å². The topological polar surface area (TPSA) is 67.2 Å². The molecule has 0 unspecified atom stereocenters. The molecular formula is C17H21FN4O2. The molecule has 24 heavy (non-hydrogen) atoms. The van der Waals surface area contributed by atoms with Gasteiger partial charge in [0.05, 0.1) is 6.54 Å². The molecule has 1 aromatic heterocycles. The van der Waals surface area contributed by atoms with E-state index < -0.39 is 11.7 Å². The minimum Gasteiger partial charge on any atom is -0.350 e. The van der Waals surface area contributed by atoms with Crippen LogP contribution >= 0.6 is 0 Å². The van der Waals surface area contributed by atoms with Crippen molar-refractivity contribution in [3.8, 4) is 5.69 Å². The number of amides is 2. The Bertz CT molecular complexity index is 749. The number of halogens is 1. The smallest absolute Gasteiger partial charge is 0.274 e. The summed E-state index contributed by atoms with van der Waals surface area (Å²) in [5, 5.41) is 6.88. The molecule has 0 atom stereocenters. The Balaban J connectivity index is 2.08. The van der Waals surface area contributed by atoms with E-state index in [2.05, 4.69) is 10.4 Å². The highest BCUT2D eigenvalue weighted by atomic mass is 19.1. The molecule has 1 aromatic carbocycles. The van der Waals surface area contributed by atoms with Gasteiger partial charge >= 0.3 is 0 Å². The fourth-order valence-corrected chi connectivity index (χ4v) is 2.15. The van der Waals surface area contributed by atoms with E-state index in [-0.39, 0.29) is 29.4 Å². The zero-order valence-electron chi connectivity index (χ0n) is 14.2. The summed E-state index contributed by atoms with van der Waals surface area (Å²) in [4.78, 5) is 25.5. The number of benzene rings is 1. The lowest BCUT2D eigenvalue weighted by Crippen LogP contribution is -2.46. The molecule has 0 saturated heterocycles. The molecule has 6 nitrogen and oxygen atoms in total. The lowest BCUT2D eigenvalue weighted by molar-refractivity contribution is -0.122. The average molecular weight is 332 g/mol.